The first kappa shape index (κ1) is 27.0. The minimum absolute atomic E-state index is 0.0323. The Kier molecular flexibility index (Phi) is 8.43. The molecule has 0 saturated heterocycles. The minimum Gasteiger partial charge on any atom is -0.383 e. The van der Waals surface area contributed by atoms with E-state index in [1.165, 1.54) is 47.5 Å². The number of anilines is 1. The summed E-state index contributed by atoms with van der Waals surface area (Å²) in [5, 5.41) is 4.67. The predicted molar refractivity (Wildman–Crippen MR) is 144 cm³/mol. The molecule has 0 aliphatic carbocycles. The Morgan fingerprint density at radius 3 is 2.51 bits per heavy atom. The summed E-state index contributed by atoms with van der Waals surface area (Å²) >= 11 is 1.69. The number of carbonyl (C=O) groups excluding carboxylic acids is 2. The highest BCUT2D eigenvalue weighted by Gasteiger charge is 2.36. The fourth-order valence-corrected chi connectivity index (χ4v) is 6.87. The van der Waals surface area contributed by atoms with Gasteiger partial charge in [0, 0.05) is 37.7 Å². The molecule has 0 saturated carbocycles. The van der Waals surface area contributed by atoms with Crippen molar-refractivity contribution in [1.82, 2.24) is 9.21 Å². The van der Waals surface area contributed by atoms with Gasteiger partial charge in [0.25, 0.3) is 0 Å². The van der Waals surface area contributed by atoms with E-state index in [1.807, 2.05) is 36.6 Å². The summed E-state index contributed by atoms with van der Waals surface area (Å²) in [5.41, 5.74) is 3.70. The number of thiophene rings is 1. The number of aryl methyl sites for hydroxylation is 1. The number of ether oxygens (including phenoxy) is 1. The van der Waals surface area contributed by atoms with Crippen LogP contribution in [-0.2, 0) is 30.8 Å². The van der Waals surface area contributed by atoms with Gasteiger partial charge in [-0.2, -0.15) is 4.31 Å². The highest BCUT2D eigenvalue weighted by Crippen LogP contribution is 2.39. The van der Waals surface area contributed by atoms with Gasteiger partial charge in [-0.15, -0.1) is 11.3 Å². The van der Waals surface area contributed by atoms with Gasteiger partial charge in [-0.05, 0) is 65.7 Å². The van der Waals surface area contributed by atoms with Gasteiger partial charge in [0.2, 0.25) is 21.8 Å². The lowest BCUT2D eigenvalue weighted by Gasteiger charge is -2.38. The monoisotopic (exact) mass is 541 g/mol. The molecule has 1 N–H and O–H groups in total. The molecule has 0 spiro atoms. The van der Waals surface area contributed by atoms with Gasteiger partial charge < -0.3 is 15.0 Å². The normalized spacial score (nSPS) is 15.5. The SMILES string of the molecule is COCCN(CC(=O)N1CCc2sccc2C1c1ccccc1C)S(=O)(=O)c1ccc(NC(C)=O)cc1. The second kappa shape index (κ2) is 11.6. The van der Waals surface area contributed by atoms with Crippen LogP contribution >= 0.6 is 11.3 Å². The van der Waals surface area contributed by atoms with Crippen LogP contribution in [0.5, 0.6) is 0 Å². The summed E-state index contributed by atoms with van der Waals surface area (Å²) in [6.07, 6.45) is 0.733. The second-order valence-electron chi connectivity index (χ2n) is 8.93. The third-order valence-corrected chi connectivity index (χ3v) is 9.29. The van der Waals surface area contributed by atoms with E-state index in [4.69, 9.17) is 4.74 Å². The van der Waals surface area contributed by atoms with E-state index in [0.717, 1.165) is 23.1 Å². The van der Waals surface area contributed by atoms with Crippen LogP contribution in [0, 0.1) is 6.92 Å². The van der Waals surface area contributed by atoms with Crippen LogP contribution in [0.3, 0.4) is 0 Å². The van der Waals surface area contributed by atoms with Crippen molar-refractivity contribution in [2.24, 2.45) is 0 Å². The summed E-state index contributed by atoms with van der Waals surface area (Å²) < 4.78 is 33.5. The lowest BCUT2D eigenvalue weighted by molar-refractivity contribution is -0.133. The van der Waals surface area contributed by atoms with Gasteiger partial charge >= 0.3 is 0 Å². The molecule has 1 aliphatic heterocycles. The van der Waals surface area contributed by atoms with Crippen molar-refractivity contribution in [3.05, 3.63) is 81.5 Å². The van der Waals surface area contributed by atoms with Crippen molar-refractivity contribution < 1.29 is 22.7 Å². The Labute approximate surface area is 221 Å². The number of fused-ring (bicyclic) bond motifs is 1. The Bertz CT molecular complexity index is 1370. The van der Waals surface area contributed by atoms with Crippen LogP contribution in [0.2, 0.25) is 0 Å². The van der Waals surface area contributed by atoms with Gasteiger partial charge in [0.05, 0.1) is 24.1 Å². The van der Waals surface area contributed by atoms with E-state index in [2.05, 4.69) is 11.4 Å². The molecule has 4 rings (SSSR count). The van der Waals surface area contributed by atoms with Crippen LogP contribution in [0.25, 0.3) is 0 Å². The zero-order valence-corrected chi connectivity index (χ0v) is 22.8. The quantitative estimate of drug-likeness (QED) is 0.444. The number of hydrogen-bond donors (Lipinski definition) is 1. The molecule has 1 aromatic heterocycles. The summed E-state index contributed by atoms with van der Waals surface area (Å²) in [5.74, 6) is -0.513. The number of hydrogen-bond acceptors (Lipinski definition) is 6. The summed E-state index contributed by atoms with van der Waals surface area (Å²) in [7, 11) is -2.51. The molecule has 3 aromatic rings. The first-order valence-corrected chi connectivity index (χ1v) is 14.3. The molecule has 0 radical (unpaired) electrons. The first-order valence-electron chi connectivity index (χ1n) is 12.0. The number of nitrogens with zero attached hydrogens (tertiary/aromatic N) is 2. The van der Waals surface area contributed by atoms with Crippen molar-refractivity contribution >= 4 is 38.9 Å². The summed E-state index contributed by atoms with van der Waals surface area (Å²) in [6, 6.07) is 15.7. The number of rotatable bonds is 9. The average molecular weight is 542 g/mol. The first-order chi connectivity index (χ1) is 17.7. The van der Waals surface area contributed by atoms with Crippen molar-refractivity contribution in [2.45, 2.75) is 31.2 Å². The number of benzene rings is 2. The summed E-state index contributed by atoms with van der Waals surface area (Å²) in [4.78, 5) is 28.2. The molecule has 196 valence electrons. The highest BCUT2D eigenvalue weighted by molar-refractivity contribution is 7.89. The zero-order valence-electron chi connectivity index (χ0n) is 21.1. The van der Waals surface area contributed by atoms with Crippen LogP contribution in [0.1, 0.15) is 34.5 Å². The fraction of sp³-hybridized carbons (Fsp3) is 0.333. The molecule has 1 atom stereocenters. The lowest BCUT2D eigenvalue weighted by Crippen LogP contribution is -2.47. The molecule has 1 aliphatic rings. The number of methoxy groups -OCH3 is 1. The number of carbonyl (C=O) groups is 2. The van der Waals surface area contributed by atoms with E-state index in [-0.39, 0.29) is 42.4 Å². The fourth-order valence-electron chi connectivity index (χ4n) is 4.60. The average Bonchev–Trinajstić information content (AvgIpc) is 3.35. The highest BCUT2D eigenvalue weighted by atomic mass is 32.2. The molecule has 2 amide bonds. The van der Waals surface area contributed by atoms with Gasteiger partial charge in [-0.3, -0.25) is 9.59 Å². The molecule has 2 aromatic carbocycles. The van der Waals surface area contributed by atoms with E-state index in [0.29, 0.717) is 12.2 Å². The Morgan fingerprint density at radius 1 is 1.11 bits per heavy atom. The third-order valence-electron chi connectivity index (χ3n) is 6.44. The Balaban J connectivity index is 1.63. The Morgan fingerprint density at radius 2 is 1.84 bits per heavy atom. The molecule has 0 fully saturated rings. The van der Waals surface area contributed by atoms with Crippen LogP contribution < -0.4 is 5.32 Å². The molecule has 2 heterocycles. The van der Waals surface area contributed by atoms with Crippen LogP contribution in [0.4, 0.5) is 5.69 Å². The van der Waals surface area contributed by atoms with Crippen LogP contribution in [0.15, 0.2) is 64.9 Å². The maximum Gasteiger partial charge on any atom is 0.243 e. The molecular formula is C27H31N3O5S2. The van der Waals surface area contributed by atoms with Gasteiger partial charge in [0.15, 0.2) is 0 Å². The third kappa shape index (κ3) is 5.93. The minimum atomic E-state index is -4.00. The van der Waals surface area contributed by atoms with Crippen molar-refractivity contribution in [1.29, 1.82) is 0 Å². The van der Waals surface area contributed by atoms with Crippen molar-refractivity contribution in [3.8, 4) is 0 Å². The van der Waals surface area contributed by atoms with Crippen molar-refractivity contribution in [2.75, 3.05) is 38.7 Å². The molecule has 10 heteroatoms. The van der Waals surface area contributed by atoms with Crippen LogP contribution in [-0.4, -0.2) is 62.8 Å². The van der Waals surface area contributed by atoms with Gasteiger partial charge in [0.1, 0.15) is 0 Å². The van der Waals surface area contributed by atoms with E-state index >= 15 is 0 Å². The molecule has 1 unspecified atom stereocenters. The van der Waals surface area contributed by atoms with E-state index in [9.17, 15) is 18.0 Å². The number of nitrogens with one attached hydrogen (secondary N) is 1. The molecule has 0 bridgehead atoms. The van der Waals surface area contributed by atoms with E-state index in [1.54, 1.807) is 16.2 Å². The second-order valence-corrected chi connectivity index (χ2v) is 11.9. The predicted octanol–water partition coefficient (Wildman–Crippen LogP) is 3.83. The van der Waals surface area contributed by atoms with Gasteiger partial charge in [-0.25, -0.2) is 8.42 Å². The lowest BCUT2D eigenvalue weighted by atomic mass is 9.90. The smallest absolute Gasteiger partial charge is 0.243 e. The summed E-state index contributed by atoms with van der Waals surface area (Å²) in [6.45, 7) is 3.79. The van der Waals surface area contributed by atoms with E-state index < -0.39 is 10.0 Å². The Hall–Kier alpha value is -3.05. The van der Waals surface area contributed by atoms with Gasteiger partial charge in [-0.1, -0.05) is 24.3 Å². The maximum absolute atomic E-state index is 13.8. The topological polar surface area (TPSA) is 96.0 Å². The number of amides is 2. The zero-order chi connectivity index (χ0) is 26.6. The van der Waals surface area contributed by atoms with Crippen molar-refractivity contribution in [3.63, 3.8) is 0 Å². The maximum atomic E-state index is 13.8. The standard InChI is InChI=1S/C27H31N3O5S2/c1-19-6-4-5-7-23(19)27-24-13-17-36-25(24)12-14-30(27)26(32)18-29(15-16-35-3)37(33,34)22-10-8-21(9-11-22)28-20(2)31/h4-11,13,17,27H,12,14-16,18H2,1-3H3,(H,28,31). The number of sulfonamides is 1. The molecule has 8 nitrogen and oxygen atoms in total. The molecular weight excluding hydrogens is 510 g/mol. The largest absolute Gasteiger partial charge is 0.383 e. The molecule has 37 heavy (non-hydrogen) atoms.